The summed E-state index contributed by atoms with van der Waals surface area (Å²) in [4.78, 5) is 16.6. The minimum absolute atomic E-state index is 0.0484. The highest BCUT2D eigenvalue weighted by Gasteiger charge is 2.30. The van der Waals surface area contributed by atoms with Crippen molar-refractivity contribution in [2.24, 2.45) is 0 Å². The van der Waals surface area contributed by atoms with Gasteiger partial charge in [-0.25, -0.2) is 0 Å². The zero-order valence-electron chi connectivity index (χ0n) is 14.2. The summed E-state index contributed by atoms with van der Waals surface area (Å²) in [6.07, 6.45) is 2.01. The quantitative estimate of drug-likeness (QED) is 0.882. The van der Waals surface area contributed by atoms with Crippen LogP contribution in [0.2, 0.25) is 0 Å². The number of anilines is 1. The average molecular weight is 317 g/mol. The molecule has 3 rings (SSSR count). The normalized spacial score (nSPS) is 21.5. The Hall–Kier alpha value is -1.43. The number of ether oxygens (including phenoxy) is 1. The second kappa shape index (κ2) is 7.43. The Bertz CT molecular complexity index is 555. The Balaban J connectivity index is 1.65. The molecule has 2 heterocycles. The summed E-state index contributed by atoms with van der Waals surface area (Å²) in [6.45, 7) is 7.84. The zero-order chi connectivity index (χ0) is 16.2. The summed E-state index contributed by atoms with van der Waals surface area (Å²) >= 11 is 0. The van der Waals surface area contributed by atoms with Gasteiger partial charge in [-0.3, -0.25) is 4.79 Å². The first-order chi connectivity index (χ1) is 11.2. The minimum atomic E-state index is 0.0484. The van der Waals surface area contributed by atoms with Crippen molar-refractivity contribution in [3.8, 4) is 0 Å². The molecular formula is C18H27N3O2. The molecule has 1 atom stereocenters. The molecule has 2 aliphatic rings. The van der Waals surface area contributed by atoms with Gasteiger partial charge in [0.05, 0.1) is 0 Å². The summed E-state index contributed by atoms with van der Waals surface area (Å²) in [5.41, 5.74) is 3.72. The SMILES string of the molecule is COCC(=O)N1c2ccc(CCN3CCNCC3)cc2CC1C. The number of carbonyl (C=O) groups is 1. The van der Waals surface area contributed by atoms with Crippen LogP contribution in [0.5, 0.6) is 0 Å². The second-order valence-electron chi connectivity index (χ2n) is 6.55. The number of rotatable bonds is 5. The van der Waals surface area contributed by atoms with E-state index in [0.717, 1.165) is 51.3 Å². The van der Waals surface area contributed by atoms with Crippen molar-refractivity contribution in [1.82, 2.24) is 10.2 Å². The van der Waals surface area contributed by atoms with E-state index in [4.69, 9.17) is 4.74 Å². The predicted octanol–water partition coefficient (Wildman–Crippen LogP) is 1.06. The molecule has 0 saturated carbocycles. The van der Waals surface area contributed by atoms with E-state index in [1.807, 2.05) is 4.90 Å². The fourth-order valence-corrected chi connectivity index (χ4v) is 3.63. The van der Waals surface area contributed by atoms with Gasteiger partial charge in [0.2, 0.25) is 0 Å². The molecule has 5 heteroatoms. The lowest BCUT2D eigenvalue weighted by Crippen LogP contribution is -2.44. The van der Waals surface area contributed by atoms with Crippen LogP contribution < -0.4 is 10.2 Å². The molecule has 1 fully saturated rings. The Morgan fingerprint density at radius 3 is 2.87 bits per heavy atom. The summed E-state index contributed by atoms with van der Waals surface area (Å²) < 4.78 is 5.01. The van der Waals surface area contributed by atoms with E-state index >= 15 is 0 Å². The Morgan fingerprint density at radius 2 is 2.13 bits per heavy atom. The van der Waals surface area contributed by atoms with E-state index in [1.165, 1.54) is 11.1 Å². The van der Waals surface area contributed by atoms with Gasteiger partial charge in [0.25, 0.3) is 5.91 Å². The maximum Gasteiger partial charge on any atom is 0.253 e. The van der Waals surface area contributed by atoms with E-state index < -0.39 is 0 Å². The highest BCUT2D eigenvalue weighted by atomic mass is 16.5. The number of piperazine rings is 1. The van der Waals surface area contributed by atoms with Crippen molar-refractivity contribution in [1.29, 1.82) is 0 Å². The molecule has 0 bridgehead atoms. The Kier molecular flexibility index (Phi) is 5.30. The van der Waals surface area contributed by atoms with E-state index in [1.54, 1.807) is 7.11 Å². The lowest BCUT2D eigenvalue weighted by molar-refractivity contribution is -0.122. The number of hydrogen-bond acceptors (Lipinski definition) is 4. The van der Waals surface area contributed by atoms with E-state index in [2.05, 4.69) is 35.3 Å². The first-order valence-corrected chi connectivity index (χ1v) is 8.55. The number of nitrogens with one attached hydrogen (secondary N) is 1. The molecule has 1 unspecified atom stereocenters. The average Bonchev–Trinajstić information content (AvgIpc) is 2.89. The van der Waals surface area contributed by atoms with Crippen LogP contribution in [0.15, 0.2) is 18.2 Å². The van der Waals surface area contributed by atoms with Crippen LogP contribution in [0.1, 0.15) is 18.1 Å². The van der Waals surface area contributed by atoms with Gasteiger partial charge in [0, 0.05) is 51.6 Å². The van der Waals surface area contributed by atoms with Gasteiger partial charge in [-0.05, 0) is 37.0 Å². The fraction of sp³-hybridized carbons (Fsp3) is 0.611. The van der Waals surface area contributed by atoms with Crippen molar-refractivity contribution in [2.45, 2.75) is 25.8 Å². The molecule has 2 aliphatic heterocycles. The van der Waals surface area contributed by atoms with Crippen LogP contribution in [0.4, 0.5) is 5.69 Å². The molecule has 0 spiro atoms. The Labute approximate surface area is 138 Å². The highest BCUT2D eigenvalue weighted by Crippen LogP contribution is 2.33. The van der Waals surface area contributed by atoms with E-state index in [0.29, 0.717) is 0 Å². The van der Waals surface area contributed by atoms with Crippen molar-refractivity contribution in [2.75, 3.05) is 51.3 Å². The van der Waals surface area contributed by atoms with Gasteiger partial charge in [-0.1, -0.05) is 12.1 Å². The van der Waals surface area contributed by atoms with Crippen LogP contribution in [-0.2, 0) is 22.4 Å². The maximum atomic E-state index is 12.2. The van der Waals surface area contributed by atoms with Gasteiger partial charge in [0.1, 0.15) is 6.61 Å². The molecular weight excluding hydrogens is 290 g/mol. The molecule has 0 aromatic heterocycles. The van der Waals surface area contributed by atoms with Crippen LogP contribution in [0.25, 0.3) is 0 Å². The molecule has 1 aromatic rings. The predicted molar refractivity (Wildman–Crippen MR) is 92.0 cm³/mol. The van der Waals surface area contributed by atoms with Gasteiger partial charge in [-0.2, -0.15) is 0 Å². The molecule has 1 saturated heterocycles. The number of carbonyl (C=O) groups excluding carboxylic acids is 1. The van der Waals surface area contributed by atoms with Crippen molar-refractivity contribution < 1.29 is 9.53 Å². The standard InChI is InChI=1S/C18H27N3O2/c1-14-11-16-12-15(5-8-20-9-6-19-7-10-20)3-4-17(16)21(14)18(22)13-23-2/h3-4,12,14,19H,5-11,13H2,1-2H3. The molecule has 1 aromatic carbocycles. The topological polar surface area (TPSA) is 44.8 Å². The number of nitrogens with zero attached hydrogens (tertiary/aromatic N) is 2. The first kappa shape index (κ1) is 16.4. The first-order valence-electron chi connectivity index (χ1n) is 8.55. The largest absolute Gasteiger partial charge is 0.375 e. The van der Waals surface area contributed by atoms with Gasteiger partial charge in [-0.15, -0.1) is 0 Å². The van der Waals surface area contributed by atoms with Crippen molar-refractivity contribution in [3.63, 3.8) is 0 Å². The highest BCUT2D eigenvalue weighted by molar-refractivity contribution is 5.97. The summed E-state index contributed by atoms with van der Waals surface area (Å²) in [5.74, 6) is 0.0484. The second-order valence-corrected chi connectivity index (χ2v) is 6.55. The van der Waals surface area contributed by atoms with Gasteiger partial charge in [0.15, 0.2) is 0 Å². The molecule has 1 N–H and O–H groups in total. The zero-order valence-corrected chi connectivity index (χ0v) is 14.2. The van der Waals surface area contributed by atoms with Crippen LogP contribution in [-0.4, -0.2) is 63.3 Å². The van der Waals surface area contributed by atoms with E-state index in [9.17, 15) is 4.79 Å². The molecule has 126 valence electrons. The Morgan fingerprint density at radius 1 is 1.35 bits per heavy atom. The lowest BCUT2D eigenvalue weighted by Gasteiger charge is -2.27. The monoisotopic (exact) mass is 317 g/mol. The number of fused-ring (bicyclic) bond motifs is 1. The summed E-state index contributed by atoms with van der Waals surface area (Å²) in [7, 11) is 1.57. The molecule has 5 nitrogen and oxygen atoms in total. The third-order valence-electron chi connectivity index (χ3n) is 4.82. The van der Waals surface area contributed by atoms with Gasteiger partial charge >= 0.3 is 0 Å². The minimum Gasteiger partial charge on any atom is -0.375 e. The molecule has 1 amide bonds. The summed E-state index contributed by atoms with van der Waals surface area (Å²) in [6, 6.07) is 6.79. The van der Waals surface area contributed by atoms with Crippen LogP contribution in [0.3, 0.4) is 0 Å². The van der Waals surface area contributed by atoms with Crippen molar-refractivity contribution >= 4 is 11.6 Å². The summed E-state index contributed by atoms with van der Waals surface area (Å²) in [5, 5.41) is 3.39. The van der Waals surface area contributed by atoms with Crippen molar-refractivity contribution in [3.05, 3.63) is 29.3 Å². The fourth-order valence-electron chi connectivity index (χ4n) is 3.63. The van der Waals surface area contributed by atoms with Gasteiger partial charge < -0.3 is 19.9 Å². The lowest BCUT2D eigenvalue weighted by atomic mass is 10.0. The molecule has 23 heavy (non-hydrogen) atoms. The van der Waals surface area contributed by atoms with Crippen LogP contribution in [0, 0.1) is 0 Å². The molecule has 0 radical (unpaired) electrons. The third-order valence-corrected chi connectivity index (χ3v) is 4.82. The third kappa shape index (κ3) is 3.74. The molecule has 0 aliphatic carbocycles. The number of methoxy groups -OCH3 is 1. The number of benzene rings is 1. The smallest absolute Gasteiger partial charge is 0.253 e. The van der Waals surface area contributed by atoms with Crippen LogP contribution >= 0.6 is 0 Å². The number of amides is 1. The maximum absolute atomic E-state index is 12.2. The number of hydrogen-bond donors (Lipinski definition) is 1. The van der Waals surface area contributed by atoms with E-state index in [-0.39, 0.29) is 18.6 Å².